The first kappa shape index (κ1) is 23.8. The molecule has 0 aliphatic carbocycles. The fourth-order valence-corrected chi connectivity index (χ4v) is 4.58. The van der Waals surface area contributed by atoms with Crippen LogP contribution in [-0.4, -0.2) is 41.1 Å². The van der Waals surface area contributed by atoms with Crippen LogP contribution < -0.4 is 9.62 Å². The second kappa shape index (κ2) is 10.2. The van der Waals surface area contributed by atoms with E-state index in [-0.39, 0.29) is 18.2 Å². The molecular weight excluding hydrogens is 446 g/mol. The first-order chi connectivity index (χ1) is 15.2. The molecule has 0 aliphatic heterocycles. The van der Waals surface area contributed by atoms with Crippen LogP contribution in [0.5, 0.6) is 0 Å². The number of aromatic nitrogens is 3. The van der Waals surface area contributed by atoms with Crippen LogP contribution in [0.15, 0.2) is 53.7 Å². The van der Waals surface area contributed by atoms with Gasteiger partial charge in [-0.1, -0.05) is 48.5 Å². The number of carbonyl (C=O) groups excluding carboxylic acids is 1. The summed E-state index contributed by atoms with van der Waals surface area (Å²) in [6.07, 6.45) is 2.11. The number of nitrogens with one attached hydrogen (secondary N) is 1. The molecule has 0 saturated heterocycles. The normalized spacial score (nSPS) is 11.4. The number of hydrogen-bond acceptors (Lipinski definition) is 6. The van der Waals surface area contributed by atoms with Crippen molar-refractivity contribution in [3.63, 3.8) is 0 Å². The minimum Gasteiger partial charge on any atom is -0.325 e. The maximum atomic E-state index is 12.4. The topological polar surface area (TPSA) is 97.2 Å². The van der Waals surface area contributed by atoms with E-state index in [0.717, 1.165) is 23.9 Å². The Bertz CT molecular complexity index is 1170. The Morgan fingerprint density at radius 1 is 1.09 bits per heavy atom. The van der Waals surface area contributed by atoms with Crippen molar-refractivity contribution in [2.75, 3.05) is 21.6 Å². The van der Waals surface area contributed by atoms with Gasteiger partial charge in [0.25, 0.3) is 0 Å². The third kappa shape index (κ3) is 6.10. The second-order valence-electron chi connectivity index (χ2n) is 7.45. The van der Waals surface area contributed by atoms with Crippen molar-refractivity contribution in [3.05, 3.63) is 65.5 Å². The number of amides is 1. The van der Waals surface area contributed by atoms with Crippen LogP contribution in [-0.2, 0) is 34.8 Å². The molecule has 3 rings (SSSR count). The maximum Gasteiger partial charge on any atom is 0.234 e. The average molecular weight is 474 g/mol. The first-order valence-corrected chi connectivity index (χ1v) is 12.9. The number of hydrogen-bond donors (Lipinski definition) is 1. The lowest BCUT2D eigenvalue weighted by molar-refractivity contribution is -0.113. The monoisotopic (exact) mass is 473 g/mol. The van der Waals surface area contributed by atoms with Gasteiger partial charge in [-0.25, -0.2) is 8.42 Å². The van der Waals surface area contributed by atoms with E-state index in [1.165, 1.54) is 21.6 Å². The molecule has 170 valence electrons. The molecule has 8 nitrogen and oxygen atoms in total. The molecule has 0 bridgehead atoms. The SMILES string of the molecule is CCc1ccc(NC(=O)CSc2nnc(CN(c3ccc(C)cc3)S(C)(=O)=O)n2C)cc1. The molecule has 0 saturated carbocycles. The third-order valence-electron chi connectivity index (χ3n) is 4.91. The predicted octanol–water partition coefficient (Wildman–Crippen LogP) is 3.38. The van der Waals surface area contributed by atoms with Gasteiger partial charge in [-0.2, -0.15) is 0 Å². The van der Waals surface area contributed by atoms with E-state index in [4.69, 9.17) is 0 Å². The van der Waals surface area contributed by atoms with Gasteiger partial charge in [0, 0.05) is 12.7 Å². The lowest BCUT2D eigenvalue weighted by Gasteiger charge is -2.22. The highest BCUT2D eigenvalue weighted by Crippen LogP contribution is 2.22. The number of aryl methyl sites for hydroxylation is 2. The Morgan fingerprint density at radius 2 is 1.75 bits per heavy atom. The van der Waals surface area contributed by atoms with E-state index in [9.17, 15) is 13.2 Å². The molecule has 0 radical (unpaired) electrons. The Labute approximate surface area is 193 Å². The number of nitrogens with zero attached hydrogens (tertiary/aromatic N) is 4. The Hall–Kier alpha value is -2.85. The van der Waals surface area contributed by atoms with Crippen LogP contribution in [0.4, 0.5) is 11.4 Å². The molecule has 32 heavy (non-hydrogen) atoms. The van der Waals surface area contributed by atoms with Gasteiger partial charge in [0.1, 0.15) is 0 Å². The van der Waals surface area contributed by atoms with Gasteiger partial charge in [0.15, 0.2) is 11.0 Å². The van der Waals surface area contributed by atoms with E-state index in [1.807, 2.05) is 43.3 Å². The summed E-state index contributed by atoms with van der Waals surface area (Å²) in [6.45, 7) is 4.06. The van der Waals surface area contributed by atoms with E-state index in [1.54, 1.807) is 23.7 Å². The molecule has 0 atom stereocenters. The number of carbonyl (C=O) groups is 1. The Balaban J connectivity index is 1.65. The predicted molar refractivity (Wildman–Crippen MR) is 128 cm³/mol. The highest BCUT2D eigenvalue weighted by atomic mass is 32.2. The van der Waals surface area contributed by atoms with E-state index in [2.05, 4.69) is 22.4 Å². The molecule has 10 heteroatoms. The number of thioether (sulfide) groups is 1. The minimum absolute atomic E-state index is 0.0436. The van der Waals surface area contributed by atoms with Gasteiger partial charge in [0.2, 0.25) is 15.9 Å². The molecule has 3 aromatic rings. The van der Waals surface area contributed by atoms with Crippen LogP contribution in [0.2, 0.25) is 0 Å². The summed E-state index contributed by atoms with van der Waals surface area (Å²) in [5.41, 5.74) is 3.55. The quantitative estimate of drug-likeness (QED) is 0.479. The van der Waals surface area contributed by atoms with Crippen molar-refractivity contribution >= 4 is 39.1 Å². The van der Waals surface area contributed by atoms with Crippen molar-refractivity contribution in [1.29, 1.82) is 0 Å². The van der Waals surface area contributed by atoms with Crippen molar-refractivity contribution in [2.45, 2.75) is 32.0 Å². The fraction of sp³-hybridized carbons (Fsp3) is 0.318. The summed E-state index contributed by atoms with van der Waals surface area (Å²) >= 11 is 1.24. The molecule has 1 heterocycles. The summed E-state index contributed by atoms with van der Waals surface area (Å²) in [6, 6.07) is 15.0. The van der Waals surface area contributed by atoms with Crippen molar-refractivity contribution in [3.8, 4) is 0 Å². The standard InChI is InChI=1S/C22H27N5O3S2/c1-5-17-8-10-18(11-9-17)23-21(28)15-31-22-25-24-20(26(22)3)14-27(32(4,29)30)19-12-6-16(2)7-13-19/h6-13H,5,14-15H2,1-4H3,(H,23,28). The highest BCUT2D eigenvalue weighted by Gasteiger charge is 2.21. The summed E-state index contributed by atoms with van der Waals surface area (Å²) in [7, 11) is -1.76. The lowest BCUT2D eigenvalue weighted by Crippen LogP contribution is -2.30. The summed E-state index contributed by atoms with van der Waals surface area (Å²) in [4.78, 5) is 12.3. The van der Waals surface area contributed by atoms with Gasteiger partial charge in [0.05, 0.1) is 24.2 Å². The highest BCUT2D eigenvalue weighted by molar-refractivity contribution is 7.99. The van der Waals surface area contributed by atoms with Gasteiger partial charge in [-0.15, -0.1) is 10.2 Å². The largest absolute Gasteiger partial charge is 0.325 e. The molecule has 0 fully saturated rings. The molecule has 1 N–H and O–H groups in total. The van der Waals surface area contributed by atoms with E-state index < -0.39 is 10.0 Å². The van der Waals surface area contributed by atoms with Crippen LogP contribution in [0.1, 0.15) is 23.9 Å². The van der Waals surface area contributed by atoms with Crippen LogP contribution in [0, 0.1) is 6.92 Å². The first-order valence-electron chi connectivity index (χ1n) is 10.1. The van der Waals surface area contributed by atoms with Crippen molar-refractivity contribution in [1.82, 2.24) is 14.8 Å². The van der Waals surface area contributed by atoms with Gasteiger partial charge < -0.3 is 9.88 Å². The number of benzene rings is 2. The number of anilines is 2. The van der Waals surface area contributed by atoms with Crippen LogP contribution >= 0.6 is 11.8 Å². The summed E-state index contributed by atoms with van der Waals surface area (Å²) in [5.74, 6) is 0.491. The van der Waals surface area contributed by atoms with Crippen molar-refractivity contribution < 1.29 is 13.2 Å². The number of rotatable bonds is 9. The fourth-order valence-electron chi connectivity index (χ4n) is 3.00. The Kier molecular flexibility index (Phi) is 7.57. The average Bonchev–Trinajstić information content (AvgIpc) is 3.10. The number of sulfonamides is 1. The smallest absolute Gasteiger partial charge is 0.234 e. The molecular formula is C22H27N5O3S2. The molecule has 1 amide bonds. The molecule has 0 unspecified atom stereocenters. The molecule has 2 aromatic carbocycles. The maximum absolute atomic E-state index is 12.4. The molecule has 0 aliphatic rings. The zero-order chi connectivity index (χ0) is 23.3. The van der Waals surface area contributed by atoms with Crippen LogP contribution in [0.3, 0.4) is 0 Å². The summed E-state index contributed by atoms with van der Waals surface area (Å²) < 4.78 is 27.8. The molecule has 0 spiro atoms. The zero-order valence-electron chi connectivity index (χ0n) is 18.6. The van der Waals surface area contributed by atoms with Gasteiger partial charge >= 0.3 is 0 Å². The van der Waals surface area contributed by atoms with Crippen LogP contribution in [0.25, 0.3) is 0 Å². The minimum atomic E-state index is -3.52. The second-order valence-corrected chi connectivity index (χ2v) is 10.3. The zero-order valence-corrected chi connectivity index (χ0v) is 20.2. The van der Waals surface area contributed by atoms with E-state index in [0.29, 0.717) is 16.7 Å². The molecule has 1 aromatic heterocycles. The Morgan fingerprint density at radius 3 is 2.34 bits per heavy atom. The lowest BCUT2D eigenvalue weighted by atomic mass is 10.1. The third-order valence-corrected chi connectivity index (χ3v) is 7.07. The summed E-state index contributed by atoms with van der Waals surface area (Å²) in [5, 5.41) is 11.7. The van der Waals surface area contributed by atoms with Gasteiger partial charge in [-0.3, -0.25) is 9.10 Å². The van der Waals surface area contributed by atoms with E-state index >= 15 is 0 Å². The van der Waals surface area contributed by atoms with Gasteiger partial charge in [-0.05, 0) is 43.2 Å². The van der Waals surface area contributed by atoms with Crippen molar-refractivity contribution in [2.24, 2.45) is 7.05 Å².